The summed E-state index contributed by atoms with van der Waals surface area (Å²) in [5, 5.41) is 13.6. The molecule has 28 heavy (non-hydrogen) atoms. The molecule has 0 radical (unpaired) electrons. The van der Waals surface area contributed by atoms with Gasteiger partial charge in [-0.2, -0.15) is 5.26 Å². The van der Waals surface area contributed by atoms with E-state index in [-0.39, 0.29) is 0 Å². The molecule has 0 atom stereocenters. The van der Waals surface area contributed by atoms with Crippen molar-refractivity contribution in [2.24, 2.45) is 0 Å². The van der Waals surface area contributed by atoms with Crippen molar-refractivity contribution in [2.75, 3.05) is 5.32 Å². The summed E-state index contributed by atoms with van der Waals surface area (Å²) < 4.78 is 6.97. The minimum atomic E-state index is -0.571. The van der Waals surface area contributed by atoms with Gasteiger partial charge in [0.2, 0.25) is 0 Å². The molecule has 0 unspecified atom stereocenters. The zero-order valence-corrected chi connectivity index (χ0v) is 16.2. The third kappa shape index (κ3) is 3.56. The summed E-state index contributed by atoms with van der Waals surface area (Å²) in [7, 11) is 0. The van der Waals surface area contributed by atoms with Crippen LogP contribution in [0.15, 0.2) is 42.6 Å². The van der Waals surface area contributed by atoms with Gasteiger partial charge in [0.1, 0.15) is 17.5 Å². The van der Waals surface area contributed by atoms with Gasteiger partial charge in [0.15, 0.2) is 0 Å². The Hall–Kier alpha value is -3.33. The van der Waals surface area contributed by atoms with Crippen molar-refractivity contribution < 1.29 is 9.53 Å². The van der Waals surface area contributed by atoms with Crippen molar-refractivity contribution >= 4 is 28.5 Å². The van der Waals surface area contributed by atoms with Crippen LogP contribution in [-0.4, -0.2) is 21.2 Å². The van der Waals surface area contributed by atoms with E-state index in [9.17, 15) is 10.1 Å². The number of nitrogens with zero attached hydrogens (tertiary/aromatic N) is 3. The lowest BCUT2D eigenvalue weighted by molar-refractivity contribution is 0.0544. The molecule has 1 N–H and O–H groups in total. The predicted molar refractivity (Wildman–Crippen MR) is 108 cm³/mol. The van der Waals surface area contributed by atoms with E-state index in [0.29, 0.717) is 17.3 Å². The van der Waals surface area contributed by atoms with Gasteiger partial charge in [-0.25, -0.2) is 9.78 Å². The number of rotatable bonds is 3. The first-order chi connectivity index (χ1) is 13.4. The summed E-state index contributed by atoms with van der Waals surface area (Å²) in [6, 6.07) is 13.4. The van der Waals surface area contributed by atoms with E-state index in [0.717, 1.165) is 35.1 Å². The fraction of sp³-hybridized carbons (Fsp3) is 0.318. The van der Waals surface area contributed by atoms with E-state index in [4.69, 9.17) is 4.74 Å². The summed E-state index contributed by atoms with van der Waals surface area (Å²) in [5.74, 6) is 1.04. The Balaban J connectivity index is 1.70. The molecule has 6 heteroatoms. The van der Waals surface area contributed by atoms with Crippen LogP contribution in [0.2, 0.25) is 0 Å². The van der Waals surface area contributed by atoms with Gasteiger partial charge in [0, 0.05) is 28.9 Å². The minimum Gasteiger partial charge on any atom is -0.443 e. The van der Waals surface area contributed by atoms with Crippen LogP contribution in [0, 0.1) is 11.3 Å². The molecule has 1 saturated carbocycles. The van der Waals surface area contributed by atoms with E-state index in [1.807, 2.05) is 57.2 Å². The fourth-order valence-corrected chi connectivity index (χ4v) is 3.14. The summed E-state index contributed by atoms with van der Waals surface area (Å²) in [4.78, 5) is 17.2. The van der Waals surface area contributed by atoms with Gasteiger partial charge in [-0.05, 0) is 63.9 Å². The maximum atomic E-state index is 12.5. The second-order valence-corrected chi connectivity index (χ2v) is 8.05. The number of carbonyl (C=O) groups is 1. The van der Waals surface area contributed by atoms with Crippen molar-refractivity contribution in [1.29, 1.82) is 5.26 Å². The van der Waals surface area contributed by atoms with Crippen LogP contribution in [0.1, 0.15) is 50.8 Å². The second-order valence-electron chi connectivity index (χ2n) is 8.05. The van der Waals surface area contributed by atoms with Gasteiger partial charge in [-0.3, -0.25) is 4.57 Å². The SMILES string of the molecule is CC(C)(C)OC(=O)n1ccc2c(Nc3nc(C4CC4)ccc3C#N)cccc21. The highest BCUT2D eigenvalue weighted by molar-refractivity contribution is 5.98. The lowest BCUT2D eigenvalue weighted by atomic mass is 10.2. The van der Waals surface area contributed by atoms with Crippen LogP contribution < -0.4 is 5.32 Å². The van der Waals surface area contributed by atoms with Gasteiger partial charge in [-0.15, -0.1) is 0 Å². The first-order valence-corrected chi connectivity index (χ1v) is 9.37. The summed E-state index contributed by atoms with van der Waals surface area (Å²) >= 11 is 0. The highest BCUT2D eigenvalue weighted by Crippen LogP contribution is 2.40. The number of aromatic nitrogens is 2. The van der Waals surface area contributed by atoms with Gasteiger partial charge < -0.3 is 10.1 Å². The third-order valence-electron chi connectivity index (χ3n) is 4.61. The maximum absolute atomic E-state index is 12.5. The molecule has 142 valence electrons. The number of hydrogen-bond acceptors (Lipinski definition) is 5. The zero-order chi connectivity index (χ0) is 19.9. The highest BCUT2D eigenvalue weighted by atomic mass is 16.6. The first kappa shape index (κ1) is 18.1. The number of carbonyl (C=O) groups excluding carboxylic acids is 1. The monoisotopic (exact) mass is 374 g/mol. The zero-order valence-electron chi connectivity index (χ0n) is 16.2. The van der Waals surface area contributed by atoms with Crippen LogP contribution in [0.4, 0.5) is 16.3 Å². The Morgan fingerprint density at radius 3 is 2.71 bits per heavy atom. The number of nitriles is 1. The van der Waals surface area contributed by atoms with Crippen LogP contribution >= 0.6 is 0 Å². The number of anilines is 2. The van der Waals surface area contributed by atoms with E-state index in [1.165, 1.54) is 4.57 Å². The van der Waals surface area contributed by atoms with Crippen molar-refractivity contribution in [1.82, 2.24) is 9.55 Å². The number of fused-ring (bicyclic) bond motifs is 1. The number of pyridine rings is 1. The van der Waals surface area contributed by atoms with Gasteiger partial charge in [-0.1, -0.05) is 6.07 Å². The normalized spacial score (nSPS) is 13.9. The Kier molecular flexibility index (Phi) is 4.31. The molecular formula is C22H22N4O2. The Labute approximate surface area is 163 Å². The number of benzene rings is 1. The second kappa shape index (κ2) is 6.68. The first-order valence-electron chi connectivity index (χ1n) is 9.37. The van der Waals surface area contributed by atoms with Crippen LogP contribution in [0.3, 0.4) is 0 Å². The summed E-state index contributed by atoms with van der Waals surface area (Å²) in [6.07, 6.45) is 3.56. The molecule has 0 amide bonds. The molecule has 0 aliphatic heterocycles. The van der Waals surface area contributed by atoms with Crippen LogP contribution in [0.5, 0.6) is 0 Å². The fourth-order valence-electron chi connectivity index (χ4n) is 3.14. The van der Waals surface area contributed by atoms with Gasteiger partial charge in [0.05, 0.1) is 11.1 Å². The smallest absolute Gasteiger partial charge is 0.418 e. The Morgan fingerprint density at radius 2 is 2.04 bits per heavy atom. The maximum Gasteiger partial charge on any atom is 0.418 e. The molecule has 1 aromatic carbocycles. The molecule has 4 rings (SSSR count). The topological polar surface area (TPSA) is 79.9 Å². The number of ether oxygens (including phenoxy) is 1. The van der Waals surface area contributed by atoms with E-state index >= 15 is 0 Å². The molecule has 0 spiro atoms. The van der Waals surface area contributed by atoms with Crippen molar-refractivity contribution in [3.05, 3.63) is 53.9 Å². The molecule has 3 aromatic rings. The van der Waals surface area contributed by atoms with Gasteiger partial charge >= 0.3 is 6.09 Å². The summed E-state index contributed by atoms with van der Waals surface area (Å²) in [5.41, 5.74) is 2.46. The largest absolute Gasteiger partial charge is 0.443 e. The van der Waals surface area contributed by atoms with Crippen molar-refractivity contribution in [2.45, 2.75) is 45.1 Å². The molecule has 0 bridgehead atoms. The lowest BCUT2D eigenvalue weighted by Gasteiger charge is -2.19. The van der Waals surface area contributed by atoms with Crippen molar-refractivity contribution in [3.8, 4) is 6.07 Å². The number of hydrogen-bond donors (Lipinski definition) is 1. The Bertz CT molecular complexity index is 1100. The van der Waals surface area contributed by atoms with E-state index < -0.39 is 11.7 Å². The van der Waals surface area contributed by atoms with Crippen LogP contribution in [0.25, 0.3) is 10.9 Å². The van der Waals surface area contributed by atoms with Crippen LogP contribution in [-0.2, 0) is 4.74 Å². The third-order valence-corrected chi connectivity index (χ3v) is 4.61. The molecule has 1 aliphatic rings. The molecule has 1 fully saturated rings. The average Bonchev–Trinajstić information content (AvgIpc) is 3.39. The molecule has 2 heterocycles. The molecule has 1 aliphatic carbocycles. The summed E-state index contributed by atoms with van der Waals surface area (Å²) in [6.45, 7) is 5.52. The molecular weight excluding hydrogens is 352 g/mol. The average molecular weight is 374 g/mol. The van der Waals surface area contributed by atoms with E-state index in [1.54, 1.807) is 6.20 Å². The molecule has 0 saturated heterocycles. The lowest BCUT2D eigenvalue weighted by Crippen LogP contribution is -2.26. The molecule has 2 aromatic heterocycles. The molecule has 6 nitrogen and oxygen atoms in total. The Morgan fingerprint density at radius 1 is 1.25 bits per heavy atom. The number of nitrogens with one attached hydrogen (secondary N) is 1. The quantitative estimate of drug-likeness (QED) is 0.672. The predicted octanol–water partition coefficient (Wildman–Crippen LogP) is 5.31. The highest BCUT2D eigenvalue weighted by Gasteiger charge is 2.26. The van der Waals surface area contributed by atoms with Crippen molar-refractivity contribution in [3.63, 3.8) is 0 Å². The van der Waals surface area contributed by atoms with E-state index in [2.05, 4.69) is 16.4 Å². The minimum absolute atomic E-state index is 0.425. The van der Waals surface area contributed by atoms with Gasteiger partial charge in [0.25, 0.3) is 0 Å². The standard InChI is InChI=1S/C22H22N4O2/c1-22(2,3)28-21(27)26-12-11-16-18(5-4-6-19(16)26)25-20-15(13-23)9-10-17(24-20)14-7-8-14/h4-6,9-12,14H,7-8H2,1-3H3,(H,24,25).